The highest BCUT2D eigenvalue weighted by molar-refractivity contribution is 7.29. The fraction of sp³-hybridized carbons (Fsp3) is 0.143. The van der Waals surface area contributed by atoms with Crippen LogP contribution in [0.4, 0.5) is 0 Å². The van der Waals surface area contributed by atoms with Crippen molar-refractivity contribution < 1.29 is 0 Å². The topological polar surface area (TPSA) is 4.93 Å². The first-order valence-corrected chi connectivity index (χ1v) is 19.3. The molecule has 6 aromatic carbocycles. The summed E-state index contributed by atoms with van der Waals surface area (Å²) in [5, 5.41) is 10.1. The maximum Gasteiger partial charge on any atom is 0.153 e. The Morgan fingerprint density at radius 1 is 0.511 bits per heavy atom. The van der Waals surface area contributed by atoms with Crippen molar-refractivity contribution in [3.63, 3.8) is 0 Å². The summed E-state index contributed by atoms with van der Waals surface area (Å²) in [5.74, 6) is 0. The van der Waals surface area contributed by atoms with Gasteiger partial charge in [-0.15, -0.1) is 11.3 Å². The minimum atomic E-state index is -2.53. The van der Waals surface area contributed by atoms with Crippen molar-refractivity contribution in [3.8, 4) is 5.69 Å². The number of thiophene rings is 1. The highest BCUT2D eigenvalue weighted by Crippen LogP contribution is 2.41. The van der Waals surface area contributed by atoms with Crippen molar-refractivity contribution in [2.75, 3.05) is 0 Å². The fourth-order valence-corrected chi connectivity index (χ4v) is 16.2. The molecule has 2 aromatic heterocycles. The fourth-order valence-electron chi connectivity index (χ4n) is 8.55. The molecule has 8 aromatic rings. The van der Waals surface area contributed by atoms with Crippen molar-refractivity contribution in [3.05, 3.63) is 146 Å². The van der Waals surface area contributed by atoms with Crippen LogP contribution in [0.25, 0.3) is 47.7 Å². The average molecular weight is 614 g/mol. The van der Waals surface area contributed by atoms with Crippen molar-refractivity contribution in [2.24, 2.45) is 0 Å². The number of hydrogen-bond donors (Lipinski definition) is 0. The van der Waals surface area contributed by atoms with Gasteiger partial charge >= 0.3 is 0 Å². The Morgan fingerprint density at radius 2 is 1.11 bits per heavy atom. The van der Waals surface area contributed by atoms with E-state index < -0.39 is 8.07 Å². The summed E-state index contributed by atoms with van der Waals surface area (Å²) in [6, 6.07) is 55.4. The quantitative estimate of drug-likeness (QED) is 0.134. The second-order valence-corrected chi connectivity index (χ2v) is 17.9. The monoisotopic (exact) mass is 613 g/mol. The molecule has 0 saturated heterocycles. The molecule has 0 bridgehead atoms. The van der Waals surface area contributed by atoms with Crippen molar-refractivity contribution >= 4 is 76.9 Å². The number of aromatic nitrogens is 1. The van der Waals surface area contributed by atoms with Gasteiger partial charge in [0.2, 0.25) is 0 Å². The van der Waals surface area contributed by atoms with Crippen LogP contribution < -0.4 is 15.6 Å². The van der Waals surface area contributed by atoms with Crippen molar-refractivity contribution in [1.29, 1.82) is 0 Å². The van der Waals surface area contributed by atoms with Gasteiger partial charge < -0.3 is 4.57 Å². The van der Waals surface area contributed by atoms with Gasteiger partial charge in [0.05, 0.1) is 11.0 Å². The van der Waals surface area contributed by atoms with E-state index in [0.29, 0.717) is 5.54 Å². The molecule has 0 amide bonds. The van der Waals surface area contributed by atoms with Gasteiger partial charge in [-0.1, -0.05) is 147 Å². The molecule has 1 aliphatic rings. The van der Waals surface area contributed by atoms with Crippen LogP contribution in [0, 0.1) is 0 Å². The van der Waals surface area contributed by atoms with Crippen LogP contribution in [-0.4, -0.2) is 12.6 Å². The van der Waals surface area contributed by atoms with Crippen LogP contribution in [0.2, 0.25) is 5.54 Å². The third-order valence-electron chi connectivity index (χ3n) is 10.4. The van der Waals surface area contributed by atoms with E-state index in [-0.39, 0.29) is 0 Å². The standard InChI is InChI=1S/C42H35NSSi/c1-3-16-31(17-4-1)45(32-18-5-2-6-19-32,41-28-14-24-37-36-23-9-12-27-40(36)44-42(37)41)33-20-13-15-30(29-33)43-38-25-10-7-21-34(38)35-22-8-11-26-39(35)43/h1,3-4,7-17,20-29,32H,2,5-6,18-19H2. The smallest absolute Gasteiger partial charge is 0.153 e. The van der Waals surface area contributed by atoms with Crippen molar-refractivity contribution in [1.82, 2.24) is 4.57 Å². The van der Waals surface area contributed by atoms with Gasteiger partial charge in [-0.25, -0.2) is 0 Å². The molecule has 0 N–H and O–H groups in total. The zero-order valence-electron chi connectivity index (χ0n) is 25.3. The number of para-hydroxylation sites is 2. The third kappa shape index (κ3) is 4.11. The molecule has 0 radical (unpaired) electrons. The lowest BCUT2D eigenvalue weighted by atomic mass is 10.0. The van der Waals surface area contributed by atoms with Gasteiger partial charge in [0.25, 0.3) is 0 Å². The van der Waals surface area contributed by atoms with Crippen LogP contribution in [0.5, 0.6) is 0 Å². The summed E-state index contributed by atoms with van der Waals surface area (Å²) < 4.78 is 5.37. The number of hydrogen-bond acceptors (Lipinski definition) is 1. The van der Waals surface area contributed by atoms with Crippen LogP contribution in [0.15, 0.2) is 146 Å². The van der Waals surface area contributed by atoms with Crippen LogP contribution in [0.3, 0.4) is 0 Å². The van der Waals surface area contributed by atoms with Gasteiger partial charge in [-0.3, -0.25) is 0 Å². The molecule has 1 nitrogen and oxygen atoms in total. The molecule has 9 rings (SSSR count). The van der Waals surface area contributed by atoms with E-state index in [4.69, 9.17) is 0 Å². The largest absolute Gasteiger partial charge is 0.309 e. The Kier molecular flexibility index (Phi) is 6.50. The lowest BCUT2D eigenvalue weighted by Crippen LogP contribution is -2.70. The van der Waals surface area contributed by atoms with Crippen LogP contribution in [-0.2, 0) is 0 Å². The molecule has 1 aliphatic carbocycles. The van der Waals surface area contributed by atoms with Crippen LogP contribution >= 0.6 is 11.3 Å². The van der Waals surface area contributed by atoms with Crippen molar-refractivity contribution in [2.45, 2.75) is 37.6 Å². The lowest BCUT2D eigenvalue weighted by Gasteiger charge is -2.43. The first kappa shape index (κ1) is 26.9. The first-order valence-electron chi connectivity index (χ1n) is 16.4. The Bertz CT molecular complexity index is 2270. The Hall–Kier alpha value is -4.44. The summed E-state index contributed by atoms with van der Waals surface area (Å²) in [4.78, 5) is 0. The van der Waals surface area contributed by atoms with E-state index in [9.17, 15) is 0 Å². The van der Waals surface area contributed by atoms with Gasteiger partial charge in [0.1, 0.15) is 0 Å². The minimum Gasteiger partial charge on any atom is -0.309 e. The number of fused-ring (bicyclic) bond motifs is 6. The molecule has 1 unspecified atom stereocenters. The molecular weight excluding hydrogens is 579 g/mol. The zero-order valence-corrected chi connectivity index (χ0v) is 27.1. The van der Waals surface area contributed by atoms with E-state index in [2.05, 4.69) is 150 Å². The zero-order chi connectivity index (χ0) is 29.8. The summed E-state index contributed by atoms with van der Waals surface area (Å²) >= 11 is 2.00. The Balaban J connectivity index is 1.39. The Morgan fingerprint density at radius 3 is 1.87 bits per heavy atom. The molecule has 1 fully saturated rings. The highest BCUT2D eigenvalue weighted by atomic mass is 32.1. The number of nitrogens with zero attached hydrogens (tertiary/aromatic N) is 1. The summed E-state index contributed by atoms with van der Waals surface area (Å²) in [5.41, 5.74) is 4.44. The lowest BCUT2D eigenvalue weighted by molar-refractivity contribution is 0.497. The third-order valence-corrected chi connectivity index (χ3v) is 17.4. The number of benzene rings is 6. The minimum absolute atomic E-state index is 0.637. The molecular formula is C42H35NSSi. The number of rotatable bonds is 5. The molecule has 218 valence electrons. The van der Waals surface area contributed by atoms with E-state index in [1.165, 1.54) is 85.0 Å². The molecule has 1 atom stereocenters. The summed E-state index contributed by atoms with van der Waals surface area (Å²) in [6.45, 7) is 0. The van der Waals surface area contributed by atoms with Gasteiger partial charge in [-0.05, 0) is 51.4 Å². The predicted molar refractivity (Wildman–Crippen MR) is 198 cm³/mol. The van der Waals surface area contributed by atoms with Gasteiger partial charge in [0.15, 0.2) is 8.07 Å². The molecule has 0 spiro atoms. The maximum atomic E-state index is 2.58. The first-order chi connectivity index (χ1) is 22.3. The molecule has 45 heavy (non-hydrogen) atoms. The SMILES string of the molecule is c1ccc([Si](c2cccc(-n3c4ccccc4c4ccccc43)c2)(c2cccc3c2sc2ccccc23)C2CCCCC2)cc1. The van der Waals surface area contributed by atoms with Gasteiger partial charge in [0, 0.05) is 36.6 Å². The van der Waals surface area contributed by atoms with Crippen LogP contribution in [0.1, 0.15) is 32.1 Å². The van der Waals surface area contributed by atoms with Gasteiger partial charge in [-0.2, -0.15) is 0 Å². The molecule has 2 heterocycles. The van der Waals surface area contributed by atoms with E-state index in [1.807, 2.05) is 11.3 Å². The maximum absolute atomic E-state index is 2.58. The summed E-state index contributed by atoms with van der Waals surface area (Å²) in [6.07, 6.45) is 6.58. The highest BCUT2D eigenvalue weighted by Gasteiger charge is 2.47. The summed E-state index contributed by atoms with van der Waals surface area (Å²) in [7, 11) is -2.53. The molecule has 0 aliphatic heterocycles. The normalized spacial score (nSPS) is 15.6. The van der Waals surface area contributed by atoms with E-state index >= 15 is 0 Å². The molecule has 3 heteroatoms. The predicted octanol–water partition coefficient (Wildman–Crippen LogP) is 9.96. The van der Waals surface area contributed by atoms with E-state index in [1.54, 1.807) is 10.4 Å². The molecule has 1 saturated carbocycles. The average Bonchev–Trinajstić information content (AvgIpc) is 3.66. The second kappa shape index (κ2) is 10.9. The van der Waals surface area contributed by atoms with E-state index in [0.717, 1.165) is 0 Å². The Labute approximate surface area is 269 Å². The second-order valence-electron chi connectivity index (χ2n) is 12.7.